The summed E-state index contributed by atoms with van der Waals surface area (Å²) >= 11 is 11.9. The van der Waals surface area contributed by atoms with E-state index in [-0.39, 0.29) is 0 Å². The highest BCUT2D eigenvalue weighted by Gasteiger charge is 2.12. The Morgan fingerprint density at radius 1 is 1.11 bits per heavy atom. The largest absolute Gasteiger partial charge is 0.497 e. The second-order valence-electron chi connectivity index (χ2n) is 4.23. The summed E-state index contributed by atoms with van der Waals surface area (Å²) in [5, 5.41) is 11.3. The van der Waals surface area contributed by atoms with Gasteiger partial charge in [-0.25, -0.2) is 0 Å². The highest BCUT2D eigenvalue weighted by molar-refractivity contribution is 6.35. The van der Waals surface area contributed by atoms with Crippen molar-refractivity contribution in [1.82, 2.24) is 0 Å². The molecule has 2 aromatic carbocycles. The van der Waals surface area contributed by atoms with E-state index in [0.717, 1.165) is 11.3 Å². The minimum absolute atomic E-state index is 0.480. The molecule has 0 amide bonds. The van der Waals surface area contributed by atoms with Crippen molar-refractivity contribution in [2.45, 2.75) is 12.5 Å². The Hall–Kier alpha value is -1.22. The van der Waals surface area contributed by atoms with Crippen molar-refractivity contribution < 1.29 is 9.84 Å². The summed E-state index contributed by atoms with van der Waals surface area (Å²) in [6, 6.07) is 12.7. The fraction of sp³-hybridized carbons (Fsp3) is 0.200. The van der Waals surface area contributed by atoms with Crippen molar-refractivity contribution in [3.05, 3.63) is 63.6 Å². The maximum atomic E-state index is 10.2. The molecule has 0 aliphatic carbocycles. The average molecular weight is 297 g/mol. The SMILES string of the molecule is COc1ccc(CC(O)c2ccc(Cl)cc2Cl)cc1. The van der Waals surface area contributed by atoms with Crippen LogP contribution in [0.1, 0.15) is 17.2 Å². The molecule has 2 aromatic rings. The first-order valence-corrected chi connectivity index (χ1v) is 6.61. The number of benzene rings is 2. The minimum Gasteiger partial charge on any atom is -0.497 e. The molecule has 1 unspecified atom stereocenters. The zero-order valence-electron chi connectivity index (χ0n) is 10.4. The second kappa shape index (κ2) is 6.29. The molecule has 0 spiro atoms. The van der Waals surface area contributed by atoms with E-state index in [1.165, 1.54) is 0 Å². The van der Waals surface area contributed by atoms with Gasteiger partial charge < -0.3 is 9.84 Å². The Labute approximate surface area is 122 Å². The van der Waals surface area contributed by atoms with E-state index in [1.807, 2.05) is 24.3 Å². The second-order valence-corrected chi connectivity index (χ2v) is 5.08. The van der Waals surface area contributed by atoms with E-state index in [2.05, 4.69) is 0 Å². The van der Waals surface area contributed by atoms with E-state index < -0.39 is 6.10 Å². The fourth-order valence-corrected chi connectivity index (χ4v) is 2.40. The quantitative estimate of drug-likeness (QED) is 0.912. The van der Waals surface area contributed by atoms with Crippen LogP contribution >= 0.6 is 23.2 Å². The van der Waals surface area contributed by atoms with Crippen molar-refractivity contribution in [3.8, 4) is 5.75 Å². The molecule has 0 aliphatic rings. The number of halogens is 2. The summed E-state index contributed by atoms with van der Waals surface area (Å²) in [7, 11) is 1.62. The van der Waals surface area contributed by atoms with Crippen LogP contribution in [0.5, 0.6) is 5.75 Å². The van der Waals surface area contributed by atoms with Crippen LogP contribution < -0.4 is 4.74 Å². The lowest BCUT2D eigenvalue weighted by Gasteiger charge is -2.13. The van der Waals surface area contributed by atoms with Crippen LogP contribution in [0.3, 0.4) is 0 Å². The van der Waals surface area contributed by atoms with Gasteiger partial charge >= 0.3 is 0 Å². The van der Waals surface area contributed by atoms with Gasteiger partial charge in [0.2, 0.25) is 0 Å². The van der Waals surface area contributed by atoms with E-state index in [4.69, 9.17) is 27.9 Å². The Morgan fingerprint density at radius 2 is 1.79 bits per heavy atom. The van der Waals surface area contributed by atoms with E-state index in [0.29, 0.717) is 22.0 Å². The molecule has 0 aromatic heterocycles. The molecule has 19 heavy (non-hydrogen) atoms. The molecular weight excluding hydrogens is 283 g/mol. The maximum Gasteiger partial charge on any atom is 0.118 e. The van der Waals surface area contributed by atoms with Crippen molar-refractivity contribution in [1.29, 1.82) is 0 Å². The molecule has 0 fully saturated rings. The molecule has 0 radical (unpaired) electrons. The Morgan fingerprint density at radius 3 is 2.37 bits per heavy atom. The summed E-state index contributed by atoms with van der Waals surface area (Å²) < 4.78 is 5.09. The normalized spacial score (nSPS) is 12.2. The van der Waals surface area contributed by atoms with Gasteiger partial charge in [-0.3, -0.25) is 0 Å². The van der Waals surface area contributed by atoms with Gasteiger partial charge in [-0.2, -0.15) is 0 Å². The standard InChI is InChI=1S/C15H14Cl2O2/c1-19-12-5-2-10(3-6-12)8-15(18)13-7-4-11(16)9-14(13)17/h2-7,9,15,18H,8H2,1H3. The molecule has 0 heterocycles. The third-order valence-electron chi connectivity index (χ3n) is 2.91. The minimum atomic E-state index is -0.654. The number of hydrogen-bond acceptors (Lipinski definition) is 2. The summed E-state index contributed by atoms with van der Waals surface area (Å²) in [5.74, 6) is 0.794. The monoisotopic (exact) mass is 296 g/mol. The number of methoxy groups -OCH3 is 1. The maximum absolute atomic E-state index is 10.2. The molecule has 2 rings (SSSR count). The first-order chi connectivity index (χ1) is 9.10. The smallest absolute Gasteiger partial charge is 0.118 e. The highest BCUT2D eigenvalue weighted by atomic mass is 35.5. The average Bonchev–Trinajstić information content (AvgIpc) is 2.39. The number of ether oxygens (including phenoxy) is 1. The third-order valence-corrected chi connectivity index (χ3v) is 3.47. The van der Waals surface area contributed by atoms with Crippen molar-refractivity contribution >= 4 is 23.2 Å². The molecular formula is C15H14Cl2O2. The van der Waals surface area contributed by atoms with Gasteiger partial charge in [0.05, 0.1) is 13.2 Å². The fourth-order valence-electron chi connectivity index (χ4n) is 1.87. The Balaban J connectivity index is 2.13. The number of aliphatic hydroxyl groups is 1. The Bertz CT molecular complexity index is 553. The predicted molar refractivity (Wildman–Crippen MR) is 78.1 cm³/mol. The summed E-state index contributed by atoms with van der Waals surface area (Å²) in [6.07, 6.45) is -0.163. The molecule has 0 aliphatic heterocycles. The van der Waals surface area contributed by atoms with E-state index in [9.17, 15) is 5.11 Å². The number of hydrogen-bond donors (Lipinski definition) is 1. The zero-order valence-corrected chi connectivity index (χ0v) is 11.9. The molecule has 0 bridgehead atoms. The first-order valence-electron chi connectivity index (χ1n) is 5.86. The molecule has 1 atom stereocenters. The van der Waals surface area contributed by atoms with Crippen LogP contribution in [0.2, 0.25) is 10.0 Å². The van der Waals surface area contributed by atoms with Gasteiger partial charge in [0.1, 0.15) is 5.75 Å². The molecule has 4 heteroatoms. The molecule has 2 nitrogen and oxygen atoms in total. The predicted octanol–water partition coefficient (Wildman–Crippen LogP) is 4.28. The van der Waals surface area contributed by atoms with Crippen LogP contribution in [-0.4, -0.2) is 12.2 Å². The third kappa shape index (κ3) is 3.63. The van der Waals surface area contributed by atoms with Crippen LogP contribution in [0.25, 0.3) is 0 Å². The van der Waals surface area contributed by atoms with E-state index >= 15 is 0 Å². The summed E-state index contributed by atoms with van der Waals surface area (Å²) in [4.78, 5) is 0. The van der Waals surface area contributed by atoms with Crippen LogP contribution in [0, 0.1) is 0 Å². The lowest BCUT2D eigenvalue weighted by Crippen LogP contribution is -2.02. The van der Waals surface area contributed by atoms with Gasteiger partial charge in [-0.1, -0.05) is 41.4 Å². The molecule has 0 saturated carbocycles. The van der Waals surface area contributed by atoms with E-state index in [1.54, 1.807) is 25.3 Å². The van der Waals surface area contributed by atoms with Gasteiger partial charge in [0.25, 0.3) is 0 Å². The zero-order chi connectivity index (χ0) is 13.8. The molecule has 100 valence electrons. The lowest BCUT2D eigenvalue weighted by atomic mass is 10.0. The number of rotatable bonds is 4. The van der Waals surface area contributed by atoms with Crippen molar-refractivity contribution in [2.24, 2.45) is 0 Å². The van der Waals surface area contributed by atoms with Gasteiger partial charge in [-0.05, 0) is 35.4 Å². The van der Waals surface area contributed by atoms with Crippen LogP contribution in [0.15, 0.2) is 42.5 Å². The van der Waals surface area contributed by atoms with Gasteiger partial charge in [0.15, 0.2) is 0 Å². The highest BCUT2D eigenvalue weighted by Crippen LogP contribution is 2.28. The van der Waals surface area contributed by atoms with Crippen molar-refractivity contribution in [2.75, 3.05) is 7.11 Å². The van der Waals surface area contributed by atoms with Crippen LogP contribution in [0.4, 0.5) is 0 Å². The number of aliphatic hydroxyl groups excluding tert-OH is 1. The lowest BCUT2D eigenvalue weighted by molar-refractivity contribution is 0.178. The Kier molecular flexibility index (Phi) is 4.70. The molecule has 0 saturated heterocycles. The van der Waals surface area contributed by atoms with Crippen LogP contribution in [-0.2, 0) is 6.42 Å². The molecule has 1 N–H and O–H groups in total. The van der Waals surface area contributed by atoms with Crippen molar-refractivity contribution in [3.63, 3.8) is 0 Å². The summed E-state index contributed by atoms with van der Waals surface area (Å²) in [5.41, 5.74) is 1.70. The first kappa shape index (κ1) is 14.2. The summed E-state index contributed by atoms with van der Waals surface area (Å²) in [6.45, 7) is 0. The van der Waals surface area contributed by atoms with Gasteiger partial charge in [0, 0.05) is 16.5 Å². The van der Waals surface area contributed by atoms with Gasteiger partial charge in [-0.15, -0.1) is 0 Å². The topological polar surface area (TPSA) is 29.5 Å².